The van der Waals surface area contributed by atoms with Gasteiger partial charge in [0.15, 0.2) is 11.5 Å². The standard InChI is InChI=1S/C34H31NO2/c1-24(35(2)31-18-16-27-10-4-6-12-29(27)21-31)32(30-17-19-33-34(22-30)37-23-36-33)13-7-8-25-14-15-26-9-3-5-11-28(26)20-25/h3-12,14-22,24,32H,13,23H2,1-2H3/b8-7+. The second-order valence-electron chi connectivity index (χ2n) is 9.85. The number of hydrogen-bond acceptors (Lipinski definition) is 3. The molecule has 184 valence electrons. The Bertz CT molecular complexity index is 1590. The highest BCUT2D eigenvalue weighted by Crippen LogP contribution is 2.38. The highest BCUT2D eigenvalue weighted by Gasteiger charge is 2.25. The largest absolute Gasteiger partial charge is 0.454 e. The monoisotopic (exact) mass is 485 g/mol. The maximum absolute atomic E-state index is 5.72. The van der Waals surface area contributed by atoms with E-state index in [9.17, 15) is 0 Å². The summed E-state index contributed by atoms with van der Waals surface area (Å²) in [5.41, 5.74) is 3.70. The number of hydrogen-bond donors (Lipinski definition) is 0. The fourth-order valence-electron chi connectivity index (χ4n) is 5.32. The van der Waals surface area contributed by atoms with Gasteiger partial charge in [0.25, 0.3) is 0 Å². The molecule has 5 aromatic carbocycles. The van der Waals surface area contributed by atoms with Crippen LogP contribution in [0.1, 0.15) is 30.4 Å². The van der Waals surface area contributed by atoms with Gasteiger partial charge in [-0.15, -0.1) is 0 Å². The third kappa shape index (κ3) is 4.77. The van der Waals surface area contributed by atoms with E-state index in [-0.39, 0.29) is 18.8 Å². The van der Waals surface area contributed by atoms with Crippen LogP contribution >= 0.6 is 0 Å². The summed E-state index contributed by atoms with van der Waals surface area (Å²) in [6.07, 6.45) is 5.46. The number of allylic oxidation sites excluding steroid dienone is 1. The molecular weight excluding hydrogens is 454 g/mol. The molecule has 0 amide bonds. The molecule has 6 rings (SSSR count). The molecule has 0 saturated carbocycles. The highest BCUT2D eigenvalue weighted by atomic mass is 16.7. The topological polar surface area (TPSA) is 21.7 Å². The van der Waals surface area contributed by atoms with Crippen molar-refractivity contribution >= 4 is 33.3 Å². The molecule has 0 bridgehead atoms. The van der Waals surface area contributed by atoms with Crippen LogP contribution in [0.2, 0.25) is 0 Å². The molecule has 0 radical (unpaired) electrons. The van der Waals surface area contributed by atoms with Gasteiger partial charge in [-0.05, 0) is 76.3 Å². The third-order valence-corrected chi connectivity index (χ3v) is 7.63. The number of likely N-dealkylation sites (N-methyl/N-ethyl adjacent to an activating group) is 1. The lowest BCUT2D eigenvalue weighted by atomic mass is 9.87. The van der Waals surface area contributed by atoms with Crippen molar-refractivity contribution in [2.45, 2.75) is 25.3 Å². The number of ether oxygens (including phenoxy) is 2. The van der Waals surface area contributed by atoms with Crippen molar-refractivity contribution in [3.63, 3.8) is 0 Å². The number of rotatable bonds is 7. The van der Waals surface area contributed by atoms with Crippen LogP contribution in [-0.2, 0) is 0 Å². The van der Waals surface area contributed by atoms with Crippen LogP contribution in [0, 0.1) is 0 Å². The number of benzene rings is 5. The van der Waals surface area contributed by atoms with Gasteiger partial charge < -0.3 is 14.4 Å². The summed E-state index contributed by atoms with van der Waals surface area (Å²) in [5, 5.41) is 5.05. The van der Waals surface area contributed by atoms with Crippen LogP contribution in [0.25, 0.3) is 27.6 Å². The lowest BCUT2D eigenvalue weighted by Gasteiger charge is -2.34. The minimum Gasteiger partial charge on any atom is -0.454 e. The molecule has 3 nitrogen and oxygen atoms in total. The second-order valence-corrected chi connectivity index (χ2v) is 9.85. The minimum absolute atomic E-state index is 0.253. The number of nitrogens with zero attached hydrogens (tertiary/aromatic N) is 1. The van der Waals surface area contributed by atoms with E-state index in [0.29, 0.717) is 0 Å². The van der Waals surface area contributed by atoms with Crippen LogP contribution in [0.5, 0.6) is 11.5 Å². The van der Waals surface area contributed by atoms with Crippen LogP contribution in [0.15, 0.2) is 109 Å². The average molecular weight is 486 g/mol. The Balaban J connectivity index is 1.30. The highest BCUT2D eigenvalue weighted by molar-refractivity contribution is 5.86. The Kier molecular flexibility index (Phi) is 6.28. The summed E-state index contributed by atoms with van der Waals surface area (Å²) in [4.78, 5) is 2.39. The molecule has 0 aliphatic carbocycles. The first-order valence-corrected chi connectivity index (χ1v) is 12.9. The van der Waals surface area contributed by atoms with Crippen LogP contribution in [0.3, 0.4) is 0 Å². The molecule has 5 aromatic rings. The first-order valence-electron chi connectivity index (χ1n) is 12.9. The molecule has 3 heteroatoms. The Labute approximate surface area is 218 Å². The molecule has 0 N–H and O–H groups in total. The van der Waals surface area contributed by atoms with E-state index in [0.717, 1.165) is 17.9 Å². The summed E-state index contributed by atoms with van der Waals surface area (Å²) >= 11 is 0. The smallest absolute Gasteiger partial charge is 0.231 e. The number of fused-ring (bicyclic) bond motifs is 3. The van der Waals surface area contributed by atoms with Crippen molar-refractivity contribution in [3.8, 4) is 11.5 Å². The zero-order valence-electron chi connectivity index (χ0n) is 21.3. The Morgan fingerprint density at radius 1 is 0.730 bits per heavy atom. The molecular formula is C34H31NO2. The van der Waals surface area contributed by atoms with E-state index in [2.05, 4.69) is 128 Å². The van der Waals surface area contributed by atoms with Gasteiger partial charge in [0.05, 0.1) is 0 Å². The van der Waals surface area contributed by atoms with Crippen molar-refractivity contribution in [1.29, 1.82) is 0 Å². The second kappa shape index (κ2) is 10.0. The molecule has 2 unspecified atom stereocenters. The summed E-state index contributed by atoms with van der Waals surface area (Å²) in [7, 11) is 2.20. The van der Waals surface area contributed by atoms with E-state index < -0.39 is 0 Å². The van der Waals surface area contributed by atoms with E-state index in [1.54, 1.807) is 0 Å². The van der Waals surface area contributed by atoms with E-state index in [4.69, 9.17) is 9.47 Å². The third-order valence-electron chi connectivity index (χ3n) is 7.63. The zero-order valence-corrected chi connectivity index (χ0v) is 21.3. The molecule has 0 saturated heterocycles. The van der Waals surface area contributed by atoms with Crippen molar-refractivity contribution in [2.24, 2.45) is 0 Å². The Morgan fingerprint density at radius 3 is 2.19 bits per heavy atom. The molecule has 37 heavy (non-hydrogen) atoms. The molecule has 0 fully saturated rings. The van der Waals surface area contributed by atoms with Crippen molar-refractivity contribution in [3.05, 3.63) is 120 Å². The first kappa shape index (κ1) is 23.2. The van der Waals surface area contributed by atoms with Crippen LogP contribution in [0.4, 0.5) is 5.69 Å². The molecule has 0 spiro atoms. The van der Waals surface area contributed by atoms with Gasteiger partial charge in [-0.1, -0.05) is 84.9 Å². The quantitative estimate of drug-likeness (QED) is 0.231. The lowest BCUT2D eigenvalue weighted by Crippen LogP contribution is -2.34. The number of anilines is 1. The van der Waals surface area contributed by atoms with Crippen molar-refractivity contribution in [2.75, 3.05) is 18.7 Å². The van der Waals surface area contributed by atoms with Gasteiger partial charge in [0.2, 0.25) is 6.79 Å². The molecule has 1 aliphatic rings. The Hall–Kier alpha value is -4.24. The van der Waals surface area contributed by atoms with Crippen LogP contribution < -0.4 is 14.4 Å². The maximum atomic E-state index is 5.72. The fourth-order valence-corrected chi connectivity index (χ4v) is 5.32. The predicted molar refractivity (Wildman–Crippen MR) is 155 cm³/mol. The van der Waals surface area contributed by atoms with Gasteiger partial charge >= 0.3 is 0 Å². The zero-order chi connectivity index (χ0) is 25.2. The predicted octanol–water partition coefficient (Wildman–Crippen LogP) is 8.43. The van der Waals surface area contributed by atoms with Gasteiger partial charge in [0.1, 0.15) is 0 Å². The van der Waals surface area contributed by atoms with E-state index >= 15 is 0 Å². The summed E-state index contributed by atoms with van der Waals surface area (Å²) in [6.45, 7) is 2.60. The van der Waals surface area contributed by atoms with Gasteiger partial charge in [-0.2, -0.15) is 0 Å². The Morgan fingerprint density at radius 2 is 1.41 bits per heavy atom. The van der Waals surface area contributed by atoms with Crippen LogP contribution in [-0.4, -0.2) is 19.9 Å². The molecule has 1 aliphatic heterocycles. The van der Waals surface area contributed by atoms with E-state index in [1.807, 2.05) is 6.07 Å². The maximum Gasteiger partial charge on any atom is 0.231 e. The summed E-state index contributed by atoms with van der Waals surface area (Å²) < 4.78 is 11.3. The van der Waals surface area contributed by atoms with Gasteiger partial charge in [-0.3, -0.25) is 0 Å². The van der Waals surface area contributed by atoms with Crippen molar-refractivity contribution in [1.82, 2.24) is 0 Å². The lowest BCUT2D eigenvalue weighted by molar-refractivity contribution is 0.174. The molecule has 2 atom stereocenters. The SMILES string of the molecule is CC(C(C/C=C/c1ccc2ccccc2c1)c1ccc2c(c1)OCO2)N(C)c1ccc2ccccc2c1. The first-order chi connectivity index (χ1) is 18.2. The fraction of sp³-hybridized carbons (Fsp3) is 0.176. The summed E-state index contributed by atoms with van der Waals surface area (Å²) in [6, 6.07) is 37.0. The molecule has 0 aromatic heterocycles. The summed E-state index contributed by atoms with van der Waals surface area (Å²) in [5.74, 6) is 1.92. The average Bonchev–Trinajstić information content (AvgIpc) is 3.42. The van der Waals surface area contributed by atoms with Gasteiger partial charge in [0, 0.05) is 24.7 Å². The molecule has 1 heterocycles. The van der Waals surface area contributed by atoms with Gasteiger partial charge in [-0.25, -0.2) is 0 Å². The van der Waals surface area contributed by atoms with E-state index in [1.165, 1.54) is 38.4 Å². The normalized spacial score (nSPS) is 14.3. The van der Waals surface area contributed by atoms with Crippen molar-refractivity contribution < 1.29 is 9.47 Å². The minimum atomic E-state index is 0.253.